The van der Waals surface area contributed by atoms with Crippen molar-refractivity contribution in [3.8, 4) is 0 Å². The maximum atomic E-state index is 13.4. The van der Waals surface area contributed by atoms with Crippen molar-refractivity contribution in [3.05, 3.63) is 22.9 Å². The lowest BCUT2D eigenvalue weighted by molar-refractivity contribution is -0.130. The Bertz CT molecular complexity index is 731. The fraction of sp³-hybridized carbons (Fsp3) is 0.650. The first kappa shape index (κ1) is 20.5. The van der Waals surface area contributed by atoms with E-state index in [-0.39, 0.29) is 17.9 Å². The molecule has 3 heterocycles. The van der Waals surface area contributed by atoms with Crippen LogP contribution in [0.5, 0.6) is 0 Å². The molecule has 0 aromatic carbocycles. The van der Waals surface area contributed by atoms with E-state index in [0.29, 0.717) is 37.6 Å². The zero-order chi connectivity index (χ0) is 20.3. The maximum Gasteiger partial charge on any atom is 0.257 e. The number of likely N-dealkylation sites (N-methyl/N-ethyl adjacent to an activating group) is 1. The van der Waals surface area contributed by atoms with Crippen molar-refractivity contribution >= 4 is 17.6 Å². The van der Waals surface area contributed by atoms with E-state index in [4.69, 9.17) is 10.5 Å². The van der Waals surface area contributed by atoms with Crippen LogP contribution in [-0.2, 0) is 22.5 Å². The summed E-state index contributed by atoms with van der Waals surface area (Å²) in [5.74, 6) is 0.289. The number of amides is 2. The second-order valence-corrected chi connectivity index (χ2v) is 7.74. The van der Waals surface area contributed by atoms with E-state index in [9.17, 15) is 9.59 Å². The number of aromatic nitrogens is 1. The Kier molecular flexibility index (Phi) is 6.51. The van der Waals surface area contributed by atoms with Crippen LogP contribution in [0.3, 0.4) is 0 Å². The van der Waals surface area contributed by atoms with Crippen LogP contribution >= 0.6 is 0 Å². The van der Waals surface area contributed by atoms with Gasteiger partial charge in [-0.2, -0.15) is 0 Å². The van der Waals surface area contributed by atoms with Crippen LogP contribution in [0, 0.1) is 0 Å². The van der Waals surface area contributed by atoms with E-state index in [1.165, 1.54) is 0 Å². The second kappa shape index (κ2) is 8.87. The first-order chi connectivity index (χ1) is 13.4. The number of hydrogen-bond acceptors (Lipinski definition) is 6. The minimum atomic E-state index is -0.0978. The molecular weight excluding hydrogens is 358 g/mol. The summed E-state index contributed by atoms with van der Waals surface area (Å²) in [5, 5.41) is 0. The monoisotopic (exact) mass is 389 g/mol. The number of rotatable bonds is 5. The summed E-state index contributed by atoms with van der Waals surface area (Å²) in [6, 6.07) is 1.98. The molecule has 8 heteroatoms. The predicted molar refractivity (Wildman–Crippen MR) is 107 cm³/mol. The molecule has 0 radical (unpaired) electrons. The van der Waals surface area contributed by atoms with Gasteiger partial charge in [-0.1, -0.05) is 0 Å². The van der Waals surface area contributed by atoms with E-state index >= 15 is 0 Å². The molecule has 0 atom stereocenters. The number of ether oxygens (including phenoxy) is 1. The highest BCUT2D eigenvalue weighted by atomic mass is 16.5. The number of piperidine rings is 1. The Balaban J connectivity index is 1.82. The quantitative estimate of drug-likeness (QED) is 0.799. The van der Waals surface area contributed by atoms with Gasteiger partial charge in [0.05, 0.1) is 12.2 Å². The minimum Gasteiger partial charge on any atom is -0.383 e. The van der Waals surface area contributed by atoms with E-state index < -0.39 is 0 Å². The molecule has 1 aromatic heterocycles. The largest absolute Gasteiger partial charge is 0.383 e. The molecule has 2 aliphatic heterocycles. The normalized spacial score (nSPS) is 18.0. The molecule has 0 aliphatic carbocycles. The average Bonchev–Trinajstić information content (AvgIpc) is 2.68. The molecule has 1 fully saturated rings. The lowest BCUT2D eigenvalue weighted by Gasteiger charge is -2.38. The van der Waals surface area contributed by atoms with E-state index in [2.05, 4.69) is 16.9 Å². The highest BCUT2D eigenvalue weighted by molar-refractivity contribution is 5.98. The first-order valence-electron chi connectivity index (χ1n) is 9.93. The number of carbonyl (C=O) groups excluding carboxylic acids is 2. The molecule has 0 unspecified atom stereocenters. The number of anilines is 1. The molecule has 1 saturated heterocycles. The molecule has 8 nitrogen and oxygen atoms in total. The van der Waals surface area contributed by atoms with Crippen LogP contribution < -0.4 is 5.73 Å². The summed E-state index contributed by atoms with van der Waals surface area (Å²) >= 11 is 0. The van der Waals surface area contributed by atoms with Crippen LogP contribution in [0.25, 0.3) is 0 Å². The van der Waals surface area contributed by atoms with Crippen molar-refractivity contribution < 1.29 is 14.3 Å². The van der Waals surface area contributed by atoms with Gasteiger partial charge in [-0.15, -0.1) is 0 Å². The van der Waals surface area contributed by atoms with Gasteiger partial charge in [0.25, 0.3) is 5.91 Å². The van der Waals surface area contributed by atoms with Gasteiger partial charge in [-0.05, 0) is 31.5 Å². The standard InChI is InChI=1S/C20H31N5O3/c1-14(26)24-8-4-16(5-9-24)25(10-11-28-3)20(27)17-12-15-13-23(2)7-6-18(15)22-19(17)21/h12,16H,4-11,13H2,1-3H3,(H2,21,22). The van der Waals surface area contributed by atoms with Crippen molar-refractivity contribution in [2.75, 3.05) is 52.7 Å². The second-order valence-electron chi connectivity index (χ2n) is 7.74. The molecule has 154 valence electrons. The molecule has 2 aliphatic rings. The molecule has 0 bridgehead atoms. The Hall–Kier alpha value is -2.19. The number of nitrogens with two attached hydrogens (primary N) is 1. The number of nitrogen functional groups attached to an aromatic ring is 1. The van der Waals surface area contributed by atoms with Crippen molar-refractivity contribution in [1.29, 1.82) is 0 Å². The van der Waals surface area contributed by atoms with Gasteiger partial charge in [0.15, 0.2) is 0 Å². The third kappa shape index (κ3) is 4.44. The van der Waals surface area contributed by atoms with Gasteiger partial charge in [0.2, 0.25) is 5.91 Å². The van der Waals surface area contributed by atoms with Crippen LogP contribution in [0.15, 0.2) is 6.07 Å². The molecular formula is C20H31N5O3. The Morgan fingerprint density at radius 1 is 1.32 bits per heavy atom. The average molecular weight is 390 g/mol. The van der Waals surface area contributed by atoms with Crippen LogP contribution in [0.2, 0.25) is 0 Å². The minimum absolute atomic E-state index is 0.0661. The fourth-order valence-electron chi connectivity index (χ4n) is 4.09. The number of methoxy groups -OCH3 is 1. The van der Waals surface area contributed by atoms with E-state index in [1.807, 2.05) is 15.9 Å². The first-order valence-corrected chi connectivity index (χ1v) is 9.93. The number of carbonyl (C=O) groups is 2. The zero-order valence-corrected chi connectivity index (χ0v) is 17.1. The topological polar surface area (TPSA) is 92.0 Å². The van der Waals surface area contributed by atoms with Gasteiger partial charge in [0, 0.05) is 64.9 Å². The van der Waals surface area contributed by atoms with Gasteiger partial charge in [-0.25, -0.2) is 4.98 Å². The number of fused-ring (bicyclic) bond motifs is 1. The summed E-state index contributed by atoms with van der Waals surface area (Å²) in [7, 11) is 3.69. The maximum absolute atomic E-state index is 13.4. The number of nitrogens with zero attached hydrogens (tertiary/aromatic N) is 4. The van der Waals surface area contributed by atoms with Crippen LogP contribution in [-0.4, -0.2) is 84.5 Å². The highest BCUT2D eigenvalue weighted by Gasteiger charge is 2.31. The van der Waals surface area contributed by atoms with Gasteiger partial charge in [-0.3, -0.25) is 9.59 Å². The van der Waals surface area contributed by atoms with Crippen molar-refractivity contribution in [2.24, 2.45) is 0 Å². The van der Waals surface area contributed by atoms with E-state index in [0.717, 1.165) is 43.6 Å². The molecule has 28 heavy (non-hydrogen) atoms. The summed E-state index contributed by atoms with van der Waals surface area (Å²) < 4.78 is 5.23. The van der Waals surface area contributed by atoms with Crippen LogP contribution in [0.4, 0.5) is 5.82 Å². The van der Waals surface area contributed by atoms with Crippen LogP contribution in [0.1, 0.15) is 41.4 Å². The number of likely N-dealkylation sites (tertiary alicyclic amines) is 1. The summed E-state index contributed by atoms with van der Waals surface area (Å²) in [4.78, 5) is 35.5. The Labute approximate surface area is 166 Å². The van der Waals surface area contributed by atoms with Crippen molar-refractivity contribution in [2.45, 2.75) is 38.8 Å². The Morgan fingerprint density at radius 3 is 2.68 bits per heavy atom. The predicted octanol–water partition coefficient (Wildman–Crippen LogP) is 0.751. The van der Waals surface area contributed by atoms with Crippen molar-refractivity contribution in [3.63, 3.8) is 0 Å². The lowest BCUT2D eigenvalue weighted by atomic mass is 10.00. The molecule has 3 rings (SSSR count). The molecule has 0 spiro atoms. The lowest BCUT2D eigenvalue weighted by Crippen LogP contribution is -2.49. The summed E-state index contributed by atoms with van der Waals surface area (Å²) in [5.41, 5.74) is 8.72. The van der Waals surface area contributed by atoms with Gasteiger partial charge in [0.1, 0.15) is 5.82 Å². The summed E-state index contributed by atoms with van der Waals surface area (Å²) in [6.45, 7) is 5.60. The fourth-order valence-corrected chi connectivity index (χ4v) is 4.09. The van der Waals surface area contributed by atoms with Gasteiger partial charge < -0.3 is 25.2 Å². The third-order valence-electron chi connectivity index (χ3n) is 5.77. The SMILES string of the molecule is COCCN(C(=O)c1cc2c(nc1N)CCN(C)C2)C1CCN(C(C)=O)CC1. The number of hydrogen-bond donors (Lipinski definition) is 1. The highest BCUT2D eigenvalue weighted by Crippen LogP contribution is 2.25. The zero-order valence-electron chi connectivity index (χ0n) is 17.1. The van der Waals surface area contributed by atoms with Gasteiger partial charge >= 0.3 is 0 Å². The van der Waals surface area contributed by atoms with E-state index in [1.54, 1.807) is 14.0 Å². The Morgan fingerprint density at radius 2 is 2.04 bits per heavy atom. The molecule has 2 N–H and O–H groups in total. The third-order valence-corrected chi connectivity index (χ3v) is 5.77. The molecule has 1 aromatic rings. The van der Waals surface area contributed by atoms with Crippen molar-refractivity contribution in [1.82, 2.24) is 19.7 Å². The molecule has 2 amide bonds. The smallest absolute Gasteiger partial charge is 0.257 e. The summed E-state index contributed by atoms with van der Waals surface area (Å²) in [6.07, 6.45) is 2.37. The molecule has 0 saturated carbocycles. The number of pyridine rings is 1.